The van der Waals surface area contributed by atoms with E-state index in [0.29, 0.717) is 32.1 Å². The number of anilines is 1. The molecular formula is C21H26F2N4O. The molecule has 0 aliphatic carbocycles. The Balaban J connectivity index is 1.73. The number of halogens is 2. The largest absolute Gasteiger partial charge is 0.353 e. The Morgan fingerprint density at radius 1 is 0.929 bits per heavy atom. The minimum Gasteiger partial charge on any atom is -0.353 e. The number of amides is 1. The number of hydrogen-bond donors (Lipinski definition) is 0. The standard InChI is InChI=1S/C21H26F2N4O/c1-13(2)18-12-19(25-20(24-18)14(3)4)26-7-9-27(10-8-26)21(28)15-5-6-16(22)17(23)11-15/h5-6,11-14H,7-10H2,1-4H3. The number of piperazine rings is 1. The molecule has 7 heteroatoms. The van der Waals surface area contributed by atoms with Crippen molar-refractivity contribution in [3.63, 3.8) is 0 Å². The normalized spacial score (nSPS) is 14.9. The Hall–Kier alpha value is -2.57. The summed E-state index contributed by atoms with van der Waals surface area (Å²) in [4.78, 5) is 25.8. The van der Waals surface area contributed by atoms with E-state index < -0.39 is 11.6 Å². The summed E-state index contributed by atoms with van der Waals surface area (Å²) in [6, 6.07) is 5.28. The van der Waals surface area contributed by atoms with E-state index in [0.717, 1.165) is 29.5 Å². The van der Waals surface area contributed by atoms with Gasteiger partial charge in [-0.2, -0.15) is 0 Å². The van der Waals surface area contributed by atoms with E-state index >= 15 is 0 Å². The highest BCUT2D eigenvalue weighted by Gasteiger charge is 2.24. The van der Waals surface area contributed by atoms with Gasteiger partial charge in [-0.3, -0.25) is 4.79 Å². The van der Waals surface area contributed by atoms with Gasteiger partial charge in [-0.25, -0.2) is 18.7 Å². The lowest BCUT2D eigenvalue weighted by Crippen LogP contribution is -2.49. The van der Waals surface area contributed by atoms with Crippen molar-refractivity contribution in [1.82, 2.24) is 14.9 Å². The molecule has 1 fully saturated rings. The van der Waals surface area contributed by atoms with Crippen LogP contribution in [0.25, 0.3) is 0 Å². The third-order valence-electron chi connectivity index (χ3n) is 4.92. The Kier molecular flexibility index (Phi) is 5.91. The van der Waals surface area contributed by atoms with E-state index in [2.05, 4.69) is 37.6 Å². The molecule has 0 atom stereocenters. The quantitative estimate of drug-likeness (QED) is 0.795. The monoisotopic (exact) mass is 388 g/mol. The SMILES string of the molecule is CC(C)c1cc(N2CCN(C(=O)c3ccc(F)c(F)c3)CC2)nc(C(C)C)n1. The summed E-state index contributed by atoms with van der Waals surface area (Å²) in [5, 5.41) is 0. The van der Waals surface area contributed by atoms with Crippen molar-refractivity contribution in [3.05, 3.63) is 53.0 Å². The number of aromatic nitrogens is 2. The number of benzene rings is 1. The number of carbonyl (C=O) groups is 1. The average Bonchev–Trinajstić information content (AvgIpc) is 2.69. The molecule has 5 nitrogen and oxygen atoms in total. The first-order valence-electron chi connectivity index (χ1n) is 9.64. The smallest absolute Gasteiger partial charge is 0.254 e. The molecule has 1 aromatic carbocycles. The van der Waals surface area contributed by atoms with Crippen molar-refractivity contribution >= 4 is 11.7 Å². The Morgan fingerprint density at radius 2 is 1.61 bits per heavy atom. The molecule has 1 amide bonds. The first-order chi connectivity index (χ1) is 13.3. The van der Waals surface area contributed by atoms with E-state index in [1.165, 1.54) is 6.07 Å². The lowest BCUT2D eigenvalue weighted by Gasteiger charge is -2.36. The average molecular weight is 388 g/mol. The zero-order chi connectivity index (χ0) is 20.4. The Bertz CT molecular complexity index is 835. The van der Waals surface area contributed by atoms with Gasteiger partial charge in [0.05, 0.1) is 0 Å². The summed E-state index contributed by atoms with van der Waals surface area (Å²) in [5.41, 5.74) is 1.17. The molecule has 1 aliphatic rings. The van der Waals surface area contributed by atoms with Crippen molar-refractivity contribution in [2.24, 2.45) is 0 Å². The zero-order valence-corrected chi connectivity index (χ0v) is 16.7. The molecule has 2 aromatic rings. The summed E-state index contributed by atoms with van der Waals surface area (Å²) in [7, 11) is 0. The summed E-state index contributed by atoms with van der Waals surface area (Å²) < 4.78 is 26.5. The summed E-state index contributed by atoms with van der Waals surface area (Å²) in [6.45, 7) is 10.6. The van der Waals surface area contributed by atoms with Gasteiger partial charge in [0.15, 0.2) is 11.6 Å². The fourth-order valence-corrected chi connectivity index (χ4v) is 3.14. The number of hydrogen-bond acceptors (Lipinski definition) is 4. The fourth-order valence-electron chi connectivity index (χ4n) is 3.14. The van der Waals surface area contributed by atoms with Crippen LogP contribution in [0, 0.1) is 11.6 Å². The molecule has 1 aromatic heterocycles. The summed E-state index contributed by atoms with van der Waals surface area (Å²) in [6.07, 6.45) is 0. The lowest BCUT2D eigenvalue weighted by molar-refractivity contribution is 0.0746. The fraction of sp³-hybridized carbons (Fsp3) is 0.476. The molecule has 0 saturated carbocycles. The first kappa shape index (κ1) is 20.2. The van der Waals surface area contributed by atoms with Crippen molar-refractivity contribution in [1.29, 1.82) is 0 Å². The minimum absolute atomic E-state index is 0.165. The molecule has 0 unspecified atom stereocenters. The molecule has 150 valence electrons. The van der Waals surface area contributed by atoms with E-state index in [4.69, 9.17) is 4.98 Å². The molecule has 0 N–H and O–H groups in total. The van der Waals surface area contributed by atoms with Crippen molar-refractivity contribution in [3.8, 4) is 0 Å². The van der Waals surface area contributed by atoms with E-state index in [-0.39, 0.29) is 17.4 Å². The van der Waals surface area contributed by atoms with E-state index in [9.17, 15) is 13.6 Å². The second-order valence-corrected chi connectivity index (χ2v) is 7.73. The predicted molar refractivity (Wildman–Crippen MR) is 105 cm³/mol. The third kappa shape index (κ3) is 4.29. The number of carbonyl (C=O) groups excluding carboxylic acids is 1. The zero-order valence-electron chi connectivity index (χ0n) is 16.7. The van der Waals surface area contributed by atoms with Gasteiger partial charge in [0.2, 0.25) is 0 Å². The highest BCUT2D eigenvalue weighted by Crippen LogP contribution is 2.23. The lowest BCUT2D eigenvalue weighted by atomic mass is 10.1. The molecule has 2 heterocycles. The molecule has 1 aliphatic heterocycles. The molecule has 0 bridgehead atoms. The topological polar surface area (TPSA) is 49.3 Å². The van der Waals surface area contributed by atoms with Crippen molar-refractivity contribution in [2.45, 2.75) is 39.5 Å². The second kappa shape index (κ2) is 8.20. The van der Waals surface area contributed by atoms with Gasteiger partial charge in [-0.05, 0) is 24.1 Å². The highest BCUT2D eigenvalue weighted by molar-refractivity contribution is 5.94. The van der Waals surface area contributed by atoms with E-state index in [1.807, 2.05) is 6.07 Å². The first-order valence-corrected chi connectivity index (χ1v) is 9.64. The maximum atomic E-state index is 13.4. The Labute approximate surface area is 164 Å². The van der Waals surface area contributed by atoms with Crippen LogP contribution >= 0.6 is 0 Å². The molecular weight excluding hydrogens is 362 g/mol. The maximum Gasteiger partial charge on any atom is 0.254 e. The van der Waals surface area contributed by atoms with Gasteiger partial charge in [-0.15, -0.1) is 0 Å². The molecule has 0 radical (unpaired) electrons. The summed E-state index contributed by atoms with van der Waals surface area (Å²) in [5.74, 6) is -0.0140. The van der Waals surface area contributed by atoms with Gasteiger partial charge in [-0.1, -0.05) is 27.7 Å². The van der Waals surface area contributed by atoms with Crippen LogP contribution in [0.3, 0.4) is 0 Å². The molecule has 0 spiro atoms. The minimum atomic E-state index is -1.01. The van der Waals surface area contributed by atoms with Gasteiger partial charge in [0, 0.05) is 49.4 Å². The van der Waals surface area contributed by atoms with Crippen LogP contribution in [0.2, 0.25) is 0 Å². The van der Waals surface area contributed by atoms with Gasteiger partial charge in [0.25, 0.3) is 5.91 Å². The molecule has 3 rings (SSSR count). The van der Waals surface area contributed by atoms with Crippen LogP contribution in [-0.2, 0) is 0 Å². The van der Waals surface area contributed by atoms with Crippen LogP contribution in [0.15, 0.2) is 24.3 Å². The maximum absolute atomic E-state index is 13.4. The Morgan fingerprint density at radius 3 is 2.18 bits per heavy atom. The third-order valence-corrected chi connectivity index (χ3v) is 4.92. The van der Waals surface area contributed by atoms with Crippen LogP contribution in [0.1, 0.15) is 61.4 Å². The molecule has 28 heavy (non-hydrogen) atoms. The predicted octanol–water partition coefficient (Wildman–Crippen LogP) is 3.96. The van der Waals surface area contributed by atoms with Crippen molar-refractivity contribution in [2.75, 3.05) is 31.1 Å². The van der Waals surface area contributed by atoms with Crippen molar-refractivity contribution < 1.29 is 13.6 Å². The van der Waals surface area contributed by atoms with Gasteiger partial charge in [0.1, 0.15) is 11.6 Å². The number of rotatable bonds is 4. The molecule has 1 saturated heterocycles. The van der Waals surface area contributed by atoms with E-state index in [1.54, 1.807) is 4.90 Å². The number of nitrogens with zero attached hydrogens (tertiary/aromatic N) is 4. The van der Waals surface area contributed by atoms with Gasteiger partial charge < -0.3 is 9.80 Å². The summed E-state index contributed by atoms with van der Waals surface area (Å²) >= 11 is 0. The van der Waals surface area contributed by atoms with Crippen LogP contribution < -0.4 is 4.90 Å². The second-order valence-electron chi connectivity index (χ2n) is 7.73. The van der Waals surface area contributed by atoms with Crippen LogP contribution in [0.5, 0.6) is 0 Å². The van der Waals surface area contributed by atoms with Gasteiger partial charge >= 0.3 is 0 Å². The van der Waals surface area contributed by atoms with Crippen LogP contribution in [-0.4, -0.2) is 47.0 Å². The van der Waals surface area contributed by atoms with Crippen LogP contribution in [0.4, 0.5) is 14.6 Å². The highest BCUT2D eigenvalue weighted by atomic mass is 19.2.